The van der Waals surface area contributed by atoms with E-state index in [1.807, 2.05) is 81.4 Å². The van der Waals surface area contributed by atoms with Crippen LogP contribution in [-0.2, 0) is 14.3 Å². The van der Waals surface area contributed by atoms with Crippen molar-refractivity contribution in [2.75, 3.05) is 33.3 Å². The fourth-order valence-corrected chi connectivity index (χ4v) is 5.83. The van der Waals surface area contributed by atoms with Crippen LogP contribution in [0.15, 0.2) is 72.5 Å². The SMILES string of the molecule is CN1CCCC1CCN(C/C(=C/c1ccc(C(=O)NOC2CCCCO2)cc1)Oc1cccc2ccccc12)C(=O)OC(C)(C)C. The van der Waals surface area contributed by atoms with Gasteiger partial charge in [0.25, 0.3) is 5.91 Å². The highest BCUT2D eigenvalue weighted by molar-refractivity contribution is 5.93. The molecule has 2 heterocycles. The Kier molecular flexibility index (Phi) is 11.3. The molecular formula is C37H47N3O6. The van der Waals surface area contributed by atoms with Crippen LogP contribution in [0.5, 0.6) is 5.75 Å². The number of rotatable bonds is 11. The standard InChI is InChI=1S/C37H47N3O6/c1-37(2,3)45-36(42)40(23-21-30-13-10-22-39(30)4)26-31(44-33-15-9-12-28-11-5-6-14-32(28)33)25-27-17-19-29(20-18-27)35(41)38-46-34-16-7-8-24-43-34/h5-6,9,11-12,14-15,17-20,25,30,34H,7-8,10,13,16,21-24,26H2,1-4H3,(H,38,41)/b31-25-. The van der Waals surface area contributed by atoms with Gasteiger partial charge in [0.2, 0.25) is 0 Å². The molecule has 2 fully saturated rings. The van der Waals surface area contributed by atoms with E-state index in [2.05, 4.69) is 17.4 Å². The van der Waals surface area contributed by atoms with Gasteiger partial charge in [0, 0.05) is 36.6 Å². The van der Waals surface area contributed by atoms with Crippen molar-refractivity contribution in [2.45, 2.75) is 77.2 Å². The second-order valence-corrected chi connectivity index (χ2v) is 13.1. The van der Waals surface area contributed by atoms with Gasteiger partial charge >= 0.3 is 6.09 Å². The summed E-state index contributed by atoms with van der Waals surface area (Å²) >= 11 is 0. The second kappa shape index (κ2) is 15.6. The van der Waals surface area contributed by atoms with Gasteiger partial charge in [-0.3, -0.25) is 4.79 Å². The Hall–Kier alpha value is -3.92. The Morgan fingerprint density at radius 3 is 2.50 bits per heavy atom. The Labute approximate surface area is 272 Å². The Morgan fingerprint density at radius 2 is 1.78 bits per heavy atom. The van der Waals surface area contributed by atoms with Gasteiger partial charge < -0.3 is 24.0 Å². The van der Waals surface area contributed by atoms with Crippen LogP contribution >= 0.6 is 0 Å². The first-order valence-electron chi connectivity index (χ1n) is 16.4. The van der Waals surface area contributed by atoms with Gasteiger partial charge in [-0.2, -0.15) is 0 Å². The molecule has 0 saturated carbocycles. The zero-order valence-electron chi connectivity index (χ0n) is 27.5. The van der Waals surface area contributed by atoms with Crippen LogP contribution in [0.1, 0.15) is 75.2 Å². The van der Waals surface area contributed by atoms with Crippen molar-refractivity contribution in [1.82, 2.24) is 15.3 Å². The van der Waals surface area contributed by atoms with E-state index >= 15 is 0 Å². The highest BCUT2D eigenvalue weighted by atomic mass is 16.8. The molecule has 2 aliphatic rings. The Morgan fingerprint density at radius 1 is 1.00 bits per heavy atom. The molecule has 2 aliphatic heterocycles. The molecule has 2 atom stereocenters. The van der Waals surface area contributed by atoms with Gasteiger partial charge in [0.05, 0.1) is 6.54 Å². The number of ether oxygens (including phenoxy) is 3. The fraction of sp³-hybridized carbons (Fsp3) is 0.459. The van der Waals surface area contributed by atoms with Crippen molar-refractivity contribution in [3.8, 4) is 5.75 Å². The first kappa shape index (κ1) is 33.4. The maximum atomic E-state index is 13.5. The summed E-state index contributed by atoms with van der Waals surface area (Å²) in [6.45, 7) is 8.08. The molecule has 9 nitrogen and oxygen atoms in total. The van der Waals surface area contributed by atoms with E-state index in [0.717, 1.165) is 61.4 Å². The van der Waals surface area contributed by atoms with E-state index in [9.17, 15) is 9.59 Å². The lowest BCUT2D eigenvalue weighted by Crippen LogP contribution is -2.41. The zero-order chi connectivity index (χ0) is 32.5. The van der Waals surface area contributed by atoms with E-state index < -0.39 is 11.9 Å². The molecule has 246 valence electrons. The quantitative estimate of drug-likeness (QED) is 0.178. The van der Waals surface area contributed by atoms with Gasteiger partial charge in [-0.1, -0.05) is 48.5 Å². The summed E-state index contributed by atoms with van der Waals surface area (Å²) < 4.78 is 18.0. The van der Waals surface area contributed by atoms with E-state index in [4.69, 9.17) is 19.0 Å². The minimum Gasteiger partial charge on any atom is -0.459 e. The number of carbonyl (C=O) groups excluding carboxylic acids is 2. The lowest BCUT2D eigenvalue weighted by Gasteiger charge is -2.30. The highest BCUT2D eigenvalue weighted by Gasteiger charge is 2.27. The lowest BCUT2D eigenvalue weighted by atomic mass is 10.1. The molecule has 2 amide bonds. The van der Waals surface area contributed by atoms with E-state index in [-0.39, 0.29) is 18.5 Å². The van der Waals surface area contributed by atoms with E-state index in [1.165, 1.54) is 0 Å². The summed E-state index contributed by atoms with van der Waals surface area (Å²) in [5.41, 5.74) is 3.16. The summed E-state index contributed by atoms with van der Waals surface area (Å²) in [6.07, 6.45) is 7.00. The number of hydroxylamine groups is 1. The Balaban J connectivity index is 1.38. The minimum atomic E-state index is -0.636. The topological polar surface area (TPSA) is 89.6 Å². The lowest BCUT2D eigenvalue weighted by molar-refractivity contribution is -0.186. The average molecular weight is 630 g/mol. The number of carbonyl (C=O) groups is 2. The summed E-state index contributed by atoms with van der Waals surface area (Å²) in [6, 6.07) is 21.6. The van der Waals surface area contributed by atoms with Crippen molar-refractivity contribution in [3.63, 3.8) is 0 Å². The first-order chi connectivity index (χ1) is 22.1. The number of likely N-dealkylation sites (tertiary alicyclic amines) is 1. The molecule has 9 heteroatoms. The third-order valence-electron chi connectivity index (χ3n) is 8.31. The number of fused-ring (bicyclic) bond motifs is 1. The summed E-state index contributed by atoms with van der Waals surface area (Å²) in [7, 11) is 2.14. The van der Waals surface area contributed by atoms with Crippen molar-refractivity contribution in [1.29, 1.82) is 0 Å². The maximum Gasteiger partial charge on any atom is 0.410 e. The van der Waals surface area contributed by atoms with Crippen LogP contribution in [0.2, 0.25) is 0 Å². The minimum absolute atomic E-state index is 0.214. The molecule has 46 heavy (non-hydrogen) atoms. The molecular weight excluding hydrogens is 582 g/mol. The molecule has 2 unspecified atom stereocenters. The Bertz CT molecular complexity index is 1490. The number of hydrogen-bond donors (Lipinski definition) is 1. The number of benzene rings is 3. The normalized spacial score (nSPS) is 19.2. The van der Waals surface area contributed by atoms with E-state index in [1.54, 1.807) is 17.0 Å². The monoisotopic (exact) mass is 629 g/mol. The highest BCUT2D eigenvalue weighted by Crippen LogP contribution is 2.28. The zero-order valence-corrected chi connectivity index (χ0v) is 27.5. The van der Waals surface area contributed by atoms with Gasteiger partial charge in [-0.15, -0.1) is 0 Å². The van der Waals surface area contributed by atoms with Gasteiger partial charge in [0.15, 0.2) is 6.29 Å². The summed E-state index contributed by atoms with van der Waals surface area (Å²) in [5.74, 6) is 0.934. The molecule has 0 aromatic heterocycles. The van der Waals surface area contributed by atoms with Crippen molar-refractivity contribution >= 4 is 28.8 Å². The van der Waals surface area contributed by atoms with Crippen molar-refractivity contribution in [2.24, 2.45) is 0 Å². The van der Waals surface area contributed by atoms with Gasteiger partial charge in [-0.25, -0.2) is 15.1 Å². The second-order valence-electron chi connectivity index (χ2n) is 13.1. The van der Waals surface area contributed by atoms with Crippen LogP contribution in [0.25, 0.3) is 16.8 Å². The molecule has 0 bridgehead atoms. The van der Waals surface area contributed by atoms with Crippen molar-refractivity contribution < 1.29 is 28.6 Å². The van der Waals surface area contributed by atoms with Crippen LogP contribution < -0.4 is 10.2 Å². The predicted octanol–water partition coefficient (Wildman–Crippen LogP) is 7.17. The third kappa shape index (κ3) is 9.55. The van der Waals surface area contributed by atoms with Crippen LogP contribution in [-0.4, -0.2) is 73.0 Å². The molecule has 5 rings (SSSR count). The number of amides is 2. The van der Waals surface area contributed by atoms with Crippen LogP contribution in [0.3, 0.4) is 0 Å². The molecule has 3 aromatic carbocycles. The third-order valence-corrected chi connectivity index (χ3v) is 8.31. The number of nitrogens with one attached hydrogen (secondary N) is 1. The summed E-state index contributed by atoms with van der Waals surface area (Å²) in [5, 5.41) is 2.03. The van der Waals surface area contributed by atoms with Crippen molar-refractivity contribution in [3.05, 3.63) is 83.6 Å². The fourth-order valence-electron chi connectivity index (χ4n) is 5.83. The van der Waals surface area contributed by atoms with Crippen LogP contribution in [0, 0.1) is 0 Å². The molecule has 0 spiro atoms. The summed E-state index contributed by atoms with van der Waals surface area (Å²) in [4.78, 5) is 35.8. The molecule has 3 aromatic rings. The van der Waals surface area contributed by atoms with Gasteiger partial charge in [-0.05, 0) is 102 Å². The molecule has 0 aliphatic carbocycles. The van der Waals surface area contributed by atoms with Crippen LogP contribution in [0.4, 0.5) is 4.79 Å². The molecule has 0 radical (unpaired) electrons. The molecule has 1 N–H and O–H groups in total. The molecule has 2 saturated heterocycles. The largest absolute Gasteiger partial charge is 0.459 e. The van der Waals surface area contributed by atoms with E-state index in [0.29, 0.717) is 36.3 Å². The maximum absolute atomic E-state index is 13.5. The average Bonchev–Trinajstić information content (AvgIpc) is 3.46. The first-order valence-corrected chi connectivity index (χ1v) is 16.4. The van der Waals surface area contributed by atoms with Gasteiger partial charge in [0.1, 0.15) is 17.1 Å². The number of nitrogens with zero attached hydrogens (tertiary/aromatic N) is 2. The number of hydrogen-bond acceptors (Lipinski definition) is 7. The smallest absolute Gasteiger partial charge is 0.410 e. The predicted molar refractivity (Wildman–Crippen MR) is 179 cm³/mol.